The predicted octanol–water partition coefficient (Wildman–Crippen LogP) is 3.66. The molecule has 0 spiro atoms. The lowest BCUT2D eigenvalue weighted by atomic mass is 10.3. The minimum Gasteiger partial charge on any atom is -0.487 e. The van der Waals surface area contributed by atoms with Crippen molar-refractivity contribution in [2.75, 3.05) is 5.73 Å². The van der Waals surface area contributed by atoms with E-state index >= 15 is 0 Å². The summed E-state index contributed by atoms with van der Waals surface area (Å²) in [5.41, 5.74) is 7.24. The summed E-state index contributed by atoms with van der Waals surface area (Å²) in [5, 5.41) is 0.544. The van der Waals surface area contributed by atoms with E-state index in [-0.39, 0.29) is 0 Å². The summed E-state index contributed by atoms with van der Waals surface area (Å²) in [6.45, 7) is 0.398. The van der Waals surface area contributed by atoms with Gasteiger partial charge in [0.2, 0.25) is 0 Å². The standard InChI is InChI=1S/C12H10BrClN2O/c13-9-3-8(5-16-6-9)7-17-12-4-10(15)1-2-11(12)14/h1-6H,7,15H2. The fraction of sp³-hybridized carbons (Fsp3) is 0.0833. The molecule has 0 saturated carbocycles. The van der Waals surface area contributed by atoms with Crippen LogP contribution >= 0.6 is 27.5 Å². The smallest absolute Gasteiger partial charge is 0.140 e. The molecule has 0 unspecified atom stereocenters. The molecule has 2 N–H and O–H groups in total. The second-order valence-electron chi connectivity index (χ2n) is 3.49. The number of halogens is 2. The Bertz CT molecular complexity index is 534. The Kier molecular flexibility index (Phi) is 3.86. The van der Waals surface area contributed by atoms with Crippen LogP contribution in [0.1, 0.15) is 5.56 Å². The van der Waals surface area contributed by atoms with Crippen molar-refractivity contribution >= 4 is 33.2 Å². The summed E-state index contributed by atoms with van der Waals surface area (Å²) in [5.74, 6) is 0.576. The highest BCUT2D eigenvalue weighted by atomic mass is 79.9. The summed E-state index contributed by atoms with van der Waals surface area (Å²) in [4.78, 5) is 4.05. The molecule has 2 rings (SSSR count). The summed E-state index contributed by atoms with van der Waals surface area (Å²) in [6.07, 6.45) is 3.46. The second kappa shape index (κ2) is 5.38. The van der Waals surface area contributed by atoms with E-state index in [1.807, 2.05) is 6.07 Å². The van der Waals surface area contributed by atoms with Gasteiger partial charge in [-0.25, -0.2) is 0 Å². The highest BCUT2D eigenvalue weighted by Crippen LogP contribution is 2.27. The molecular formula is C12H10BrClN2O. The molecule has 1 aromatic heterocycles. The lowest BCUT2D eigenvalue weighted by Crippen LogP contribution is -1.97. The van der Waals surface area contributed by atoms with Gasteiger partial charge < -0.3 is 10.5 Å². The minimum atomic E-state index is 0.398. The van der Waals surface area contributed by atoms with Crippen LogP contribution in [0.25, 0.3) is 0 Å². The number of anilines is 1. The number of hydrogen-bond acceptors (Lipinski definition) is 3. The third-order valence-corrected chi connectivity index (χ3v) is 2.86. The van der Waals surface area contributed by atoms with E-state index in [0.717, 1.165) is 10.0 Å². The van der Waals surface area contributed by atoms with Crippen LogP contribution in [-0.4, -0.2) is 4.98 Å². The Balaban J connectivity index is 2.09. The molecule has 0 amide bonds. The van der Waals surface area contributed by atoms with E-state index in [1.54, 1.807) is 30.6 Å². The number of nitrogen functional groups attached to an aromatic ring is 1. The summed E-state index contributed by atoms with van der Waals surface area (Å²) >= 11 is 9.34. The fourth-order valence-electron chi connectivity index (χ4n) is 1.33. The molecule has 0 fully saturated rings. The van der Waals surface area contributed by atoms with Gasteiger partial charge >= 0.3 is 0 Å². The predicted molar refractivity (Wildman–Crippen MR) is 72.1 cm³/mol. The van der Waals surface area contributed by atoms with E-state index in [0.29, 0.717) is 23.1 Å². The molecule has 0 bridgehead atoms. The van der Waals surface area contributed by atoms with Crippen molar-refractivity contribution in [1.82, 2.24) is 4.98 Å². The number of rotatable bonds is 3. The molecular weight excluding hydrogens is 304 g/mol. The minimum absolute atomic E-state index is 0.398. The maximum Gasteiger partial charge on any atom is 0.140 e. The third-order valence-electron chi connectivity index (χ3n) is 2.11. The zero-order chi connectivity index (χ0) is 12.3. The van der Waals surface area contributed by atoms with Gasteiger partial charge in [0, 0.05) is 34.2 Å². The van der Waals surface area contributed by atoms with E-state index in [9.17, 15) is 0 Å². The summed E-state index contributed by atoms with van der Waals surface area (Å²) in [6, 6.07) is 7.09. The molecule has 88 valence electrons. The van der Waals surface area contributed by atoms with Gasteiger partial charge in [0.25, 0.3) is 0 Å². The molecule has 17 heavy (non-hydrogen) atoms. The molecule has 0 atom stereocenters. The van der Waals surface area contributed by atoms with Gasteiger partial charge in [-0.05, 0) is 34.1 Å². The third kappa shape index (κ3) is 3.35. The van der Waals surface area contributed by atoms with E-state index in [1.165, 1.54) is 0 Å². The topological polar surface area (TPSA) is 48.1 Å². The number of ether oxygens (including phenoxy) is 1. The monoisotopic (exact) mass is 312 g/mol. The average Bonchev–Trinajstić information content (AvgIpc) is 2.30. The zero-order valence-corrected chi connectivity index (χ0v) is 11.2. The summed E-state index contributed by atoms with van der Waals surface area (Å²) in [7, 11) is 0. The van der Waals surface area contributed by atoms with Crippen LogP contribution in [0.5, 0.6) is 5.75 Å². The van der Waals surface area contributed by atoms with Crippen LogP contribution in [-0.2, 0) is 6.61 Å². The van der Waals surface area contributed by atoms with Crippen molar-refractivity contribution in [2.45, 2.75) is 6.61 Å². The van der Waals surface area contributed by atoms with Crippen molar-refractivity contribution in [1.29, 1.82) is 0 Å². The van der Waals surface area contributed by atoms with Crippen LogP contribution in [0.4, 0.5) is 5.69 Å². The average molecular weight is 314 g/mol. The lowest BCUT2D eigenvalue weighted by molar-refractivity contribution is 0.306. The van der Waals surface area contributed by atoms with Gasteiger partial charge in [0.15, 0.2) is 0 Å². The van der Waals surface area contributed by atoms with Gasteiger partial charge in [0.05, 0.1) is 5.02 Å². The Morgan fingerprint density at radius 3 is 2.88 bits per heavy atom. The number of hydrogen-bond donors (Lipinski definition) is 1. The number of aromatic nitrogens is 1. The Morgan fingerprint density at radius 2 is 2.12 bits per heavy atom. The van der Waals surface area contributed by atoms with E-state index in [4.69, 9.17) is 22.1 Å². The van der Waals surface area contributed by atoms with Crippen molar-refractivity contribution < 1.29 is 4.74 Å². The van der Waals surface area contributed by atoms with Gasteiger partial charge in [-0.15, -0.1) is 0 Å². The molecule has 2 aromatic rings. The zero-order valence-electron chi connectivity index (χ0n) is 8.86. The number of benzene rings is 1. The van der Waals surface area contributed by atoms with Crippen LogP contribution in [0.15, 0.2) is 41.1 Å². The van der Waals surface area contributed by atoms with Crippen molar-refractivity contribution in [3.8, 4) is 5.75 Å². The van der Waals surface area contributed by atoms with Gasteiger partial charge in [-0.1, -0.05) is 11.6 Å². The SMILES string of the molecule is Nc1ccc(Cl)c(OCc2cncc(Br)c2)c1. The van der Waals surface area contributed by atoms with Crippen LogP contribution in [0, 0.1) is 0 Å². The second-order valence-corrected chi connectivity index (χ2v) is 4.81. The van der Waals surface area contributed by atoms with E-state index in [2.05, 4.69) is 20.9 Å². The maximum atomic E-state index is 5.99. The molecule has 0 saturated heterocycles. The molecule has 0 aliphatic heterocycles. The van der Waals surface area contributed by atoms with Crippen LogP contribution in [0.3, 0.4) is 0 Å². The molecule has 0 radical (unpaired) electrons. The van der Waals surface area contributed by atoms with Gasteiger partial charge in [-0.2, -0.15) is 0 Å². The quantitative estimate of drug-likeness (QED) is 0.880. The molecule has 3 nitrogen and oxygen atoms in total. The Labute approximate surface area is 113 Å². The molecule has 0 aliphatic carbocycles. The van der Waals surface area contributed by atoms with Crippen LogP contribution in [0.2, 0.25) is 5.02 Å². The molecule has 0 aliphatic rings. The molecule has 1 heterocycles. The number of nitrogens with two attached hydrogens (primary N) is 1. The number of nitrogens with zero attached hydrogens (tertiary/aromatic N) is 1. The van der Waals surface area contributed by atoms with Crippen LogP contribution < -0.4 is 10.5 Å². The van der Waals surface area contributed by atoms with Gasteiger partial charge in [0.1, 0.15) is 12.4 Å². The first kappa shape index (κ1) is 12.2. The largest absolute Gasteiger partial charge is 0.487 e. The fourth-order valence-corrected chi connectivity index (χ4v) is 1.91. The highest BCUT2D eigenvalue weighted by Gasteiger charge is 2.03. The molecule has 1 aromatic carbocycles. The first-order valence-electron chi connectivity index (χ1n) is 4.92. The number of pyridine rings is 1. The van der Waals surface area contributed by atoms with Crippen molar-refractivity contribution in [2.24, 2.45) is 0 Å². The van der Waals surface area contributed by atoms with E-state index < -0.39 is 0 Å². The van der Waals surface area contributed by atoms with Gasteiger partial charge in [-0.3, -0.25) is 4.98 Å². The molecule has 5 heteroatoms. The highest BCUT2D eigenvalue weighted by molar-refractivity contribution is 9.10. The maximum absolute atomic E-state index is 5.99. The first-order chi connectivity index (χ1) is 8.15. The first-order valence-corrected chi connectivity index (χ1v) is 6.09. The normalized spacial score (nSPS) is 10.2. The lowest BCUT2D eigenvalue weighted by Gasteiger charge is -2.08. The summed E-state index contributed by atoms with van der Waals surface area (Å²) < 4.78 is 6.50. The Hall–Kier alpha value is -1.26. The van der Waals surface area contributed by atoms with Crippen molar-refractivity contribution in [3.05, 3.63) is 51.7 Å². The Morgan fingerprint density at radius 1 is 1.29 bits per heavy atom. The van der Waals surface area contributed by atoms with Crippen molar-refractivity contribution in [3.63, 3.8) is 0 Å².